The van der Waals surface area contributed by atoms with Gasteiger partial charge in [-0.2, -0.15) is 0 Å². The first-order valence-electron chi connectivity index (χ1n) is 10.0. The van der Waals surface area contributed by atoms with Crippen molar-refractivity contribution in [2.24, 2.45) is 0 Å². The molecule has 0 fully saturated rings. The quantitative estimate of drug-likeness (QED) is 0.273. The molecule has 0 unspecified atom stereocenters. The zero-order chi connectivity index (χ0) is 19.2. The number of fused-ring (bicyclic) bond motifs is 6. The first-order valence-corrected chi connectivity index (χ1v) is 10.0. The molecule has 135 valence electrons. The summed E-state index contributed by atoms with van der Waals surface area (Å²) in [5.74, 6) is 0. The average molecular weight is 367 g/mol. The highest BCUT2D eigenvalue weighted by Crippen LogP contribution is 2.34. The molecule has 1 radical (unpaired) electrons. The van der Waals surface area contributed by atoms with Crippen molar-refractivity contribution in [3.63, 3.8) is 0 Å². The molecule has 0 aliphatic rings. The second-order valence-electron chi connectivity index (χ2n) is 7.61. The molecular formula is C29H19. The lowest BCUT2D eigenvalue weighted by Gasteiger charge is -2.14. The predicted octanol–water partition coefficient (Wildman–Crippen LogP) is 7.90. The molecular weight excluding hydrogens is 348 g/mol. The minimum absolute atomic E-state index is 1.26. The van der Waals surface area contributed by atoms with Crippen LogP contribution in [0.2, 0.25) is 0 Å². The van der Waals surface area contributed by atoms with Crippen LogP contribution < -0.4 is 0 Å². The Balaban J connectivity index is 1.64. The van der Waals surface area contributed by atoms with Crippen molar-refractivity contribution in [1.29, 1.82) is 0 Å². The molecule has 0 spiro atoms. The molecule has 0 aliphatic heterocycles. The third-order valence-corrected chi connectivity index (χ3v) is 5.91. The van der Waals surface area contributed by atoms with Crippen molar-refractivity contribution in [3.05, 3.63) is 127 Å². The van der Waals surface area contributed by atoms with E-state index >= 15 is 0 Å². The smallest absolute Gasteiger partial charge is 0.0212 e. The monoisotopic (exact) mass is 367 g/mol. The summed E-state index contributed by atoms with van der Waals surface area (Å²) in [6, 6.07) is 39.4. The minimum atomic E-state index is 1.26. The first-order chi connectivity index (χ1) is 14.4. The predicted molar refractivity (Wildman–Crippen MR) is 125 cm³/mol. The summed E-state index contributed by atoms with van der Waals surface area (Å²) >= 11 is 0. The van der Waals surface area contributed by atoms with Crippen molar-refractivity contribution in [2.45, 2.75) is 0 Å². The molecule has 0 aliphatic carbocycles. The van der Waals surface area contributed by atoms with Crippen molar-refractivity contribution in [3.8, 4) is 0 Å². The van der Waals surface area contributed by atoms with Crippen molar-refractivity contribution < 1.29 is 0 Å². The van der Waals surface area contributed by atoms with E-state index in [1.165, 1.54) is 54.2 Å². The molecule has 6 aromatic carbocycles. The Morgan fingerprint density at radius 2 is 0.690 bits per heavy atom. The largest absolute Gasteiger partial charge is 0.0616 e. The summed E-state index contributed by atoms with van der Waals surface area (Å²) in [7, 11) is 0. The standard InChI is InChI=1S/C29H19/c1-3-11-24-20(9-1)17-22(26-13-5-7-15-28(24)26)19-23-18-21-10-2-4-12-25(21)29-16-8-6-14-27(23)29/h1-19H. The van der Waals surface area contributed by atoms with E-state index in [4.69, 9.17) is 0 Å². The van der Waals surface area contributed by atoms with Crippen LogP contribution in [-0.2, 0) is 0 Å². The van der Waals surface area contributed by atoms with Crippen molar-refractivity contribution in [1.82, 2.24) is 0 Å². The van der Waals surface area contributed by atoms with E-state index in [-0.39, 0.29) is 0 Å². The topological polar surface area (TPSA) is 0 Å². The molecule has 0 heteroatoms. The number of benzene rings is 6. The summed E-state index contributed by atoms with van der Waals surface area (Å²) < 4.78 is 0. The van der Waals surface area contributed by atoms with E-state index < -0.39 is 0 Å². The second-order valence-corrected chi connectivity index (χ2v) is 7.61. The van der Waals surface area contributed by atoms with E-state index in [0.29, 0.717) is 0 Å². The highest BCUT2D eigenvalue weighted by atomic mass is 14.1. The van der Waals surface area contributed by atoms with Gasteiger partial charge < -0.3 is 0 Å². The van der Waals surface area contributed by atoms with Gasteiger partial charge in [0.05, 0.1) is 0 Å². The average Bonchev–Trinajstić information content (AvgIpc) is 2.79. The molecule has 0 saturated carbocycles. The molecule has 0 atom stereocenters. The molecule has 0 heterocycles. The third-order valence-electron chi connectivity index (χ3n) is 5.91. The lowest BCUT2D eigenvalue weighted by molar-refractivity contribution is 1.52. The van der Waals surface area contributed by atoms with Crippen LogP contribution in [0.5, 0.6) is 0 Å². The Labute approximate surface area is 170 Å². The van der Waals surface area contributed by atoms with Gasteiger partial charge in [0.1, 0.15) is 0 Å². The maximum absolute atomic E-state index is 2.35. The molecule has 0 N–H and O–H groups in total. The lowest BCUT2D eigenvalue weighted by Crippen LogP contribution is -1.91. The molecule has 0 bridgehead atoms. The van der Waals surface area contributed by atoms with Gasteiger partial charge in [-0.1, -0.05) is 97.1 Å². The van der Waals surface area contributed by atoms with E-state index in [1.54, 1.807) is 0 Å². The van der Waals surface area contributed by atoms with Crippen LogP contribution in [0.25, 0.3) is 43.1 Å². The summed E-state index contributed by atoms with van der Waals surface area (Å²) in [5, 5.41) is 10.4. The normalized spacial score (nSPS) is 11.6. The first kappa shape index (κ1) is 16.3. The van der Waals surface area contributed by atoms with Gasteiger partial charge in [-0.05, 0) is 66.3 Å². The van der Waals surface area contributed by atoms with E-state index in [1.807, 2.05) is 0 Å². The zero-order valence-electron chi connectivity index (χ0n) is 16.0. The van der Waals surface area contributed by atoms with Crippen LogP contribution in [0.3, 0.4) is 0 Å². The van der Waals surface area contributed by atoms with E-state index in [9.17, 15) is 0 Å². The van der Waals surface area contributed by atoms with Gasteiger partial charge in [0.25, 0.3) is 0 Å². The maximum Gasteiger partial charge on any atom is 0.0212 e. The number of hydrogen-bond donors (Lipinski definition) is 0. The maximum atomic E-state index is 2.35. The summed E-state index contributed by atoms with van der Waals surface area (Å²) in [6.07, 6.45) is 2.35. The Morgan fingerprint density at radius 1 is 0.345 bits per heavy atom. The van der Waals surface area contributed by atoms with Crippen LogP contribution >= 0.6 is 0 Å². The molecule has 6 aromatic rings. The highest BCUT2D eigenvalue weighted by molar-refractivity contribution is 6.12. The van der Waals surface area contributed by atoms with Crippen LogP contribution in [0.1, 0.15) is 11.1 Å². The van der Waals surface area contributed by atoms with E-state index in [2.05, 4.69) is 116 Å². The fourth-order valence-electron chi connectivity index (χ4n) is 4.57. The molecule has 6 rings (SSSR count). The fourth-order valence-corrected chi connectivity index (χ4v) is 4.57. The molecule has 0 aromatic heterocycles. The van der Waals surface area contributed by atoms with E-state index in [0.717, 1.165) is 0 Å². The van der Waals surface area contributed by atoms with Crippen LogP contribution in [-0.4, -0.2) is 0 Å². The van der Waals surface area contributed by atoms with Gasteiger partial charge in [-0.25, -0.2) is 0 Å². The number of rotatable bonds is 2. The Morgan fingerprint density at radius 3 is 1.14 bits per heavy atom. The number of hydrogen-bond acceptors (Lipinski definition) is 0. The SMILES string of the molecule is [CH](c1cc2ccccc2c2ccccc12)c1cc2ccccc2c2ccccc12. The van der Waals surface area contributed by atoms with Gasteiger partial charge in [0.15, 0.2) is 0 Å². The van der Waals surface area contributed by atoms with Crippen LogP contribution in [0.15, 0.2) is 109 Å². The minimum Gasteiger partial charge on any atom is -0.0616 e. The summed E-state index contributed by atoms with van der Waals surface area (Å²) in [6.45, 7) is 0. The van der Waals surface area contributed by atoms with Gasteiger partial charge in [-0.3, -0.25) is 0 Å². The van der Waals surface area contributed by atoms with Crippen molar-refractivity contribution >= 4 is 43.1 Å². The second kappa shape index (κ2) is 6.46. The molecule has 0 amide bonds. The molecule has 0 nitrogen and oxygen atoms in total. The van der Waals surface area contributed by atoms with Gasteiger partial charge >= 0.3 is 0 Å². The van der Waals surface area contributed by atoms with Crippen molar-refractivity contribution in [2.75, 3.05) is 0 Å². The Bertz CT molecular complexity index is 1400. The summed E-state index contributed by atoms with van der Waals surface area (Å²) in [4.78, 5) is 0. The molecule has 0 saturated heterocycles. The van der Waals surface area contributed by atoms with Crippen LogP contribution in [0.4, 0.5) is 0 Å². The highest BCUT2D eigenvalue weighted by Gasteiger charge is 2.11. The lowest BCUT2D eigenvalue weighted by atomic mass is 9.90. The van der Waals surface area contributed by atoms with Gasteiger partial charge in [0.2, 0.25) is 0 Å². The third kappa shape index (κ3) is 2.61. The molecule has 29 heavy (non-hydrogen) atoms. The fraction of sp³-hybridized carbons (Fsp3) is 0. The van der Waals surface area contributed by atoms with Gasteiger partial charge in [-0.15, -0.1) is 0 Å². The zero-order valence-corrected chi connectivity index (χ0v) is 16.0. The van der Waals surface area contributed by atoms with Gasteiger partial charge in [0, 0.05) is 6.42 Å². The Kier molecular flexibility index (Phi) is 3.64. The summed E-state index contributed by atoms with van der Waals surface area (Å²) in [5.41, 5.74) is 2.53. The van der Waals surface area contributed by atoms with Crippen LogP contribution in [0, 0.1) is 6.42 Å². The Hall–Kier alpha value is -3.64.